The van der Waals surface area contributed by atoms with Gasteiger partial charge < -0.3 is 15.0 Å². The number of rotatable bonds is 4. The number of ether oxygens (including phenoxy) is 1. The number of benzene rings is 1. The molecule has 1 aromatic carbocycles. The van der Waals surface area contributed by atoms with E-state index in [1.807, 2.05) is 0 Å². The van der Waals surface area contributed by atoms with E-state index in [4.69, 9.17) is 15.0 Å². The van der Waals surface area contributed by atoms with Crippen molar-refractivity contribution in [1.82, 2.24) is 10.1 Å². The molecule has 19 heavy (non-hydrogen) atoms. The first-order chi connectivity index (χ1) is 8.92. The van der Waals surface area contributed by atoms with Crippen LogP contribution in [0.15, 0.2) is 27.6 Å². The van der Waals surface area contributed by atoms with Crippen molar-refractivity contribution in [2.75, 3.05) is 17.6 Å². The lowest BCUT2D eigenvalue weighted by molar-refractivity contribution is 0.402. The summed E-state index contributed by atoms with van der Waals surface area (Å²) in [6.07, 6.45) is 0. The first kappa shape index (κ1) is 13.1. The molecular weight excluding hydrogens is 272 g/mol. The Morgan fingerprint density at radius 3 is 2.74 bits per heavy atom. The molecule has 0 atom stereocenters. The molecule has 2 rings (SSSR count). The molecule has 0 amide bonds. The van der Waals surface area contributed by atoms with Gasteiger partial charge in [0.1, 0.15) is 10.6 Å². The number of aryl methyl sites for hydroxylation is 1. The van der Waals surface area contributed by atoms with Crippen LogP contribution in [0.5, 0.6) is 5.75 Å². The lowest BCUT2D eigenvalue weighted by Crippen LogP contribution is -2.14. The molecule has 0 spiro atoms. The van der Waals surface area contributed by atoms with Gasteiger partial charge in [-0.05, 0) is 25.1 Å². The van der Waals surface area contributed by atoms with Crippen molar-refractivity contribution in [2.24, 2.45) is 0 Å². The molecule has 2 aromatic rings. The van der Waals surface area contributed by atoms with Gasteiger partial charge in [-0.25, -0.2) is 13.1 Å². The third-order valence-corrected chi connectivity index (χ3v) is 3.57. The number of aromatic nitrogens is 2. The molecule has 0 radical (unpaired) electrons. The zero-order chi connectivity index (χ0) is 14.0. The van der Waals surface area contributed by atoms with Crippen molar-refractivity contribution in [3.05, 3.63) is 24.0 Å². The van der Waals surface area contributed by atoms with Gasteiger partial charge in [-0.1, -0.05) is 5.16 Å². The minimum absolute atomic E-state index is 0.106. The van der Waals surface area contributed by atoms with Crippen LogP contribution in [0, 0.1) is 6.92 Å². The van der Waals surface area contributed by atoms with E-state index in [9.17, 15) is 8.42 Å². The van der Waals surface area contributed by atoms with Crippen LogP contribution in [-0.2, 0) is 10.0 Å². The summed E-state index contributed by atoms with van der Waals surface area (Å²) in [6, 6.07) is 4.06. The number of nitrogens with zero attached hydrogens (tertiary/aromatic N) is 2. The van der Waals surface area contributed by atoms with Gasteiger partial charge in [-0.3, -0.25) is 0 Å². The molecule has 0 fully saturated rings. The van der Waals surface area contributed by atoms with Gasteiger partial charge in [0.2, 0.25) is 0 Å². The van der Waals surface area contributed by atoms with Gasteiger partial charge in [-0.2, -0.15) is 4.98 Å². The molecule has 0 saturated carbocycles. The fourth-order valence-corrected chi connectivity index (χ4v) is 2.54. The van der Waals surface area contributed by atoms with Crippen LogP contribution in [0.3, 0.4) is 0 Å². The molecule has 0 bridgehead atoms. The molecular formula is C10H12N4O4S. The fraction of sp³-hybridized carbons (Fsp3) is 0.200. The molecule has 0 aliphatic rings. The van der Waals surface area contributed by atoms with Crippen LogP contribution < -0.4 is 15.2 Å². The van der Waals surface area contributed by atoms with E-state index in [1.165, 1.54) is 25.3 Å². The summed E-state index contributed by atoms with van der Waals surface area (Å²) in [5.74, 6) is 0.482. The van der Waals surface area contributed by atoms with E-state index in [-0.39, 0.29) is 16.7 Å². The molecule has 1 aromatic heterocycles. The summed E-state index contributed by atoms with van der Waals surface area (Å²) in [5, 5.41) is 3.49. The largest absolute Gasteiger partial charge is 0.495 e. The van der Waals surface area contributed by atoms with Crippen LogP contribution in [0.4, 0.5) is 11.7 Å². The van der Waals surface area contributed by atoms with Crippen molar-refractivity contribution < 1.29 is 17.7 Å². The van der Waals surface area contributed by atoms with E-state index in [0.717, 1.165) is 0 Å². The van der Waals surface area contributed by atoms with Crippen LogP contribution in [0.25, 0.3) is 0 Å². The van der Waals surface area contributed by atoms with Gasteiger partial charge in [0, 0.05) is 5.69 Å². The maximum absolute atomic E-state index is 12.2. The summed E-state index contributed by atoms with van der Waals surface area (Å²) >= 11 is 0. The number of nitrogens with two attached hydrogens (primary N) is 1. The number of hydrogen-bond acceptors (Lipinski definition) is 7. The summed E-state index contributed by atoms with van der Waals surface area (Å²) in [5.41, 5.74) is 5.87. The lowest BCUT2D eigenvalue weighted by Gasteiger charge is -2.09. The predicted octanol–water partition coefficient (Wildman–Crippen LogP) is 0.770. The Kier molecular flexibility index (Phi) is 3.30. The zero-order valence-electron chi connectivity index (χ0n) is 10.2. The molecule has 3 N–H and O–H groups in total. The van der Waals surface area contributed by atoms with Gasteiger partial charge in [0.05, 0.1) is 7.11 Å². The normalized spacial score (nSPS) is 11.3. The SMILES string of the molecule is COc1ccc(N)cc1S(=O)(=O)Nc1nc(C)no1. The van der Waals surface area contributed by atoms with Crippen molar-refractivity contribution in [1.29, 1.82) is 0 Å². The van der Waals surface area contributed by atoms with Crippen LogP contribution in [0.2, 0.25) is 0 Å². The number of nitrogen functional groups attached to an aromatic ring is 1. The Hall–Kier alpha value is -2.29. The highest BCUT2D eigenvalue weighted by Crippen LogP contribution is 2.27. The molecule has 0 saturated heterocycles. The quantitative estimate of drug-likeness (QED) is 0.795. The summed E-state index contributed by atoms with van der Waals surface area (Å²) in [7, 11) is -2.55. The van der Waals surface area contributed by atoms with Gasteiger partial charge in [-0.15, -0.1) is 0 Å². The number of methoxy groups -OCH3 is 1. The van der Waals surface area contributed by atoms with E-state index in [2.05, 4.69) is 14.9 Å². The highest BCUT2D eigenvalue weighted by atomic mass is 32.2. The summed E-state index contributed by atoms with van der Waals surface area (Å²) in [4.78, 5) is 3.65. The second kappa shape index (κ2) is 4.76. The van der Waals surface area contributed by atoms with Crippen LogP contribution in [0.1, 0.15) is 5.82 Å². The number of sulfonamides is 1. The first-order valence-corrected chi connectivity index (χ1v) is 6.67. The fourth-order valence-electron chi connectivity index (χ4n) is 1.41. The smallest absolute Gasteiger partial charge is 0.335 e. The van der Waals surface area contributed by atoms with Crippen LogP contribution in [-0.4, -0.2) is 25.7 Å². The van der Waals surface area contributed by atoms with Crippen molar-refractivity contribution in [3.63, 3.8) is 0 Å². The van der Waals surface area contributed by atoms with Crippen molar-refractivity contribution in [2.45, 2.75) is 11.8 Å². The molecule has 0 unspecified atom stereocenters. The standard InChI is InChI=1S/C10H12N4O4S/c1-6-12-10(18-13-6)14-19(15,16)9-5-7(11)3-4-8(9)17-2/h3-5H,11H2,1-2H3,(H,12,13,14). The minimum atomic E-state index is -3.92. The van der Waals surface area contributed by atoms with E-state index < -0.39 is 10.0 Å². The Bertz CT molecular complexity index is 695. The third kappa shape index (κ3) is 2.76. The Morgan fingerprint density at radius 1 is 1.42 bits per heavy atom. The van der Waals surface area contributed by atoms with Gasteiger partial charge in [0.25, 0.3) is 10.0 Å². The van der Waals surface area contributed by atoms with Crippen LogP contribution >= 0.6 is 0 Å². The molecule has 1 heterocycles. The van der Waals surface area contributed by atoms with E-state index in [0.29, 0.717) is 11.5 Å². The zero-order valence-corrected chi connectivity index (χ0v) is 11.1. The second-order valence-corrected chi connectivity index (χ2v) is 5.31. The van der Waals surface area contributed by atoms with E-state index >= 15 is 0 Å². The number of hydrogen-bond donors (Lipinski definition) is 2. The highest BCUT2D eigenvalue weighted by molar-refractivity contribution is 7.92. The van der Waals surface area contributed by atoms with Crippen molar-refractivity contribution in [3.8, 4) is 5.75 Å². The maximum Gasteiger partial charge on any atom is 0.335 e. The Labute approximate surface area is 109 Å². The molecule has 0 aliphatic carbocycles. The summed E-state index contributed by atoms with van der Waals surface area (Å²) in [6.45, 7) is 1.57. The average molecular weight is 284 g/mol. The molecule has 0 aliphatic heterocycles. The summed E-state index contributed by atoms with van der Waals surface area (Å²) < 4.78 is 36.2. The molecule has 8 nitrogen and oxygen atoms in total. The van der Waals surface area contributed by atoms with E-state index in [1.54, 1.807) is 6.92 Å². The molecule has 9 heteroatoms. The first-order valence-electron chi connectivity index (χ1n) is 5.19. The average Bonchev–Trinajstić information content (AvgIpc) is 2.74. The highest BCUT2D eigenvalue weighted by Gasteiger charge is 2.22. The maximum atomic E-state index is 12.2. The van der Waals surface area contributed by atoms with Gasteiger partial charge in [0.15, 0.2) is 5.82 Å². The second-order valence-electron chi connectivity index (χ2n) is 3.66. The Balaban J connectivity index is 2.41. The number of anilines is 2. The predicted molar refractivity (Wildman–Crippen MR) is 67.2 cm³/mol. The van der Waals surface area contributed by atoms with Crippen molar-refractivity contribution >= 4 is 21.7 Å². The number of nitrogens with one attached hydrogen (secondary N) is 1. The monoisotopic (exact) mass is 284 g/mol. The Morgan fingerprint density at radius 2 is 2.16 bits per heavy atom. The minimum Gasteiger partial charge on any atom is -0.495 e. The third-order valence-electron chi connectivity index (χ3n) is 2.23. The molecule has 102 valence electrons. The van der Waals surface area contributed by atoms with Gasteiger partial charge >= 0.3 is 6.01 Å². The lowest BCUT2D eigenvalue weighted by atomic mass is 10.3. The topological polar surface area (TPSA) is 120 Å².